The van der Waals surface area contributed by atoms with E-state index in [4.69, 9.17) is 0 Å². The average Bonchev–Trinajstić information content (AvgIpc) is 2.91. The second kappa shape index (κ2) is 11.0. The summed E-state index contributed by atoms with van der Waals surface area (Å²) in [4.78, 5) is 27.8. The van der Waals surface area contributed by atoms with E-state index in [1.807, 2.05) is 6.92 Å². The number of fused-ring (bicyclic) bond motifs is 1. The molecule has 2 amide bonds. The number of halogens is 1. The SMILES string of the molecule is CCN(CC(=O)NCc1ccc(F)cc1)CC(=O)Nc1sc2c(c1C#N)CCCCC2. The number of hydrogen-bond acceptors (Lipinski definition) is 5. The van der Waals surface area contributed by atoms with Gasteiger partial charge in [0.15, 0.2) is 0 Å². The van der Waals surface area contributed by atoms with Crippen LogP contribution in [0.2, 0.25) is 0 Å². The van der Waals surface area contributed by atoms with Gasteiger partial charge in [-0.1, -0.05) is 25.5 Å². The first-order valence-corrected chi connectivity index (χ1v) is 11.4. The minimum Gasteiger partial charge on any atom is -0.351 e. The third-order valence-corrected chi connectivity index (χ3v) is 6.58. The fourth-order valence-corrected chi connectivity index (χ4v) is 4.92. The molecule has 2 N–H and O–H groups in total. The van der Waals surface area contributed by atoms with Crippen LogP contribution in [0.25, 0.3) is 0 Å². The second-order valence-electron chi connectivity index (χ2n) is 7.64. The summed E-state index contributed by atoms with van der Waals surface area (Å²) in [6, 6.07) is 8.21. The van der Waals surface area contributed by atoms with E-state index in [1.54, 1.807) is 17.0 Å². The lowest BCUT2D eigenvalue weighted by Crippen LogP contribution is -2.40. The first-order chi connectivity index (χ1) is 15.0. The fourth-order valence-electron chi connectivity index (χ4n) is 3.66. The predicted molar refractivity (Wildman–Crippen MR) is 119 cm³/mol. The molecule has 31 heavy (non-hydrogen) atoms. The number of carbonyl (C=O) groups is 2. The number of thiophene rings is 1. The van der Waals surface area contributed by atoms with Gasteiger partial charge in [0.2, 0.25) is 11.8 Å². The summed E-state index contributed by atoms with van der Waals surface area (Å²) in [5, 5.41) is 15.9. The molecule has 1 aliphatic rings. The van der Waals surface area contributed by atoms with Gasteiger partial charge in [-0.3, -0.25) is 14.5 Å². The van der Waals surface area contributed by atoms with Crippen molar-refractivity contribution in [2.75, 3.05) is 25.0 Å². The Morgan fingerprint density at radius 2 is 1.84 bits per heavy atom. The Balaban J connectivity index is 1.53. The minimum absolute atomic E-state index is 0.0634. The maximum absolute atomic E-state index is 13.0. The maximum atomic E-state index is 13.0. The van der Waals surface area contributed by atoms with Gasteiger partial charge in [0.1, 0.15) is 16.9 Å². The Kier molecular flexibility index (Phi) is 8.15. The highest BCUT2D eigenvalue weighted by Crippen LogP contribution is 2.36. The summed E-state index contributed by atoms with van der Waals surface area (Å²) in [6.07, 6.45) is 5.20. The van der Waals surface area contributed by atoms with Crippen LogP contribution in [0.15, 0.2) is 24.3 Å². The second-order valence-corrected chi connectivity index (χ2v) is 8.74. The Morgan fingerprint density at radius 3 is 2.55 bits per heavy atom. The molecule has 164 valence electrons. The van der Waals surface area contributed by atoms with Crippen LogP contribution < -0.4 is 10.6 Å². The van der Waals surface area contributed by atoms with Gasteiger partial charge in [0, 0.05) is 11.4 Å². The zero-order chi connectivity index (χ0) is 22.2. The van der Waals surface area contributed by atoms with E-state index in [0.29, 0.717) is 23.7 Å². The molecule has 0 spiro atoms. The van der Waals surface area contributed by atoms with Crippen molar-refractivity contribution in [1.82, 2.24) is 10.2 Å². The standard InChI is InChI=1S/C23H27FN4O2S/c1-2-28(14-21(29)26-13-16-8-10-17(24)11-9-16)15-22(30)27-23-19(12-25)18-6-4-3-5-7-20(18)31-23/h8-11H,2-7,13-15H2,1H3,(H,26,29)(H,27,30). The van der Waals surface area contributed by atoms with E-state index in [-0.39, 0.29) is 30.7 Å². The minimum atomic E-state index is -0.319. The van der Waals surface area contributed by atoms with Crippen molar-refractivity contribution in [3.05, 3.63) is 51.7 Å². The zero-order valence-corrected chi connectivity index (χ0v) is 18.5. The Labute approximate surface area is 186 Å². The van der Waals surface area contributed by atoms with Crippen molar-refractivity contribution in [1.29, 1.82) is 5.26 Å². The van der Waals surface area contributed by atoms with Crippen molar-refractivity contribution in [3.63, 3.8) is 0 Å². The largest absolute Gasteiger partial charge is 0.351 e. The molecule has 0 unspecified atom stereocenters. The lowest BCUT2D eigenvalue weighted by Gasteiger charge is -2.19. The fraction of sp³-hybridized carbons (Fsp3) is 0.435. The third-order valence-electron chi connectivity index (χ3n) is 5.37. The molecular formula is C23H27FN4O2S. The summed E-state index contributed by atoms with van der Waals surface area (Å²) in [5.74, 6) is -0.763. The number of anilines is 1. The number of carbonyl (C=O) groups excluding carboxylic acids is 2. The van der Waals surface area contributed by atoms with Crippen molar-refractivity contribution in [3.8, 4) is 6.07 Å². The van der Waals surface area contributed by atoms with Gasteiger partial charge in [-0.15, -0.1) is 11.3 Å². The number of hydrogen-bond donors (Lipinski definition) is 2. The maximum Gasteiger partial charge on any atom is 0.239 e. The van der Waals surface area contributed by atoms with Crippen LogP contribution in [0.1, 0.15) is 47.8 Å². The highest BCUT2D eigenvalue weighted by atomic mass is 32.1. The summed E-state index contributed by atoms with van der Waals surface area (Å²) in [7, 11) is 0. The Morgan fingerprint density at radius 1 is 1.13 bits per heavy atom. The van der Waals surface area contributed by atoms with Gasteiger partial charge in [-0.05, 0) is 55.5 Å². The van der Waals surface area contributed by atoms with Crippen LogP contribution >= 0.6 is 11.3 Å². The van der Waals surface area contributed by atoms with Crippen LogP contribution in [-0.2, 0) is 29.0 Å². The van der Waals surface area contributed by atoms with Crippen LogP contribution in [0.5, 0.6) is 0 Å². The number of likely N-dealkylation sites (N-methyl/N-ethyl adjacent to an activating group) is 1. The van der Waals surface area contributed by atoms with Gasteiger partial charge in [0.05, 0.1) is 18.7 Å². The molecule has 1 aromatic heterocycles. The predicted octanol–water partition coefficient (Wildman–Crippen LogP) is 3.60. The molecule has 6 nitrogen and oxygen atoms in total. The molecule has 8 heteroatoms. The molecule has 0 bridgehead atoms. The normalized spacial score (nSPS) is 13.2. The van der Waals surface area contributed by atoms with E-state index in [9.17, 15) is 19.2 Å². The molecule has 0 aliphatic heterocycles. The van der Waals surface area contributed by atoms with Gasteiger partial charge in [-0.2, -0.15) is 5.26 Å². The lowest BCUT2D eigenvalue weighted by atomic mass is 10.1. The average molecular weight is 443 g/mol. The topological polar surface area (TPSA) is 85.2 Å². The van der Waals surface area contributed by atoms with Crippen LogP contribution in [0.3, 0.4) is 0 Å². The van der Waals surface area contributed by atoms with E-state index >= 15 is 0 Å². The highest BCUT2D eigenvalue weighted by molar-refractivity contribution is 7.16. The third kappa shape index (κ3) is 6.36. The quantitative estimate of drug-likeness (QED) is 0.612. The van der Waals surface area contributed by atoms with Crippen LogP contribution in [-0.4, -0.2) is 36.3 Å². The monoisotopic (exact) mass is 442 g/mol. The molecule has 2 aromatic rings. The van der Waals surface area contributed by atoms with Crippen molar-refractivity contribution >= 4 is 28.2 Å². The van der Waals surface area contributed by atoms with Crippen LogP contribution in [0, 0.1) is 17.1 Å². The molecule has 3 rings (SSSR count). The van der Waals surface area contributed by atoms with E-state index in [1.165, 1.54) is 34.8 Å². The smallest absolute Gasteiger partial charge is 0.239 e. The highest BCUT2D eigenvalue weighted by Gasteiger charge is 2.22. The molecule has 1 aromatic carbocycles. The van der Waals surface area contributed by atoms with Gasteiger partial charge in [0.25, 0.3) is 0 Å². The molecule has 0 radical (unpaired) electrons. The van der Waals surface area contributed by atoms with Crippen molar-refractivity contribution in [2.24, 2.45) is 0 Å². The number of amides is 2. The van der Waals surface area contributed by atoms with E-state index in [2.05, 4.69) is 16.7 Å². The number of rotatable bonds is 8. The molecule has 0 saturated heterocycles. The molecule has 1 aliphatic carbocycles. The zero-order valence-electron chi connectivity index (χ0n) is 17.7. The van der Waals surface area contributed by atoms with E-state index < -0.39 is 0 Å². The van der Waals surface area contributed by atoms with Gasteiger partial charge < -0.3 is 10.6 Å². The molecule has 0 saturated carbocycles. The number of aryl methyl sites for hydroxylation is 1. The first-order valence-electron chi connectivity index (χ1n) is 10.6. The Bertz CT molecular complexity index is 965. The molecule has 0 atom stereocenters. The number of benzene rings is 1. The van der Waals surface area contributed by atoms with Gasteiger partial charge >= 0.3 is 0 Å². The molecular weight excluding hydrogens is 415 g/mol. The van der Waals surface area contributed by atoms with E-state index in [0.717, 1.165) is 36.8 Å². The summed E-state index contributed by atoms with van der Waals surface area (Å²) < 4.78 is 13.0. The molecule has 0 fully saturated rings. The van der Waals surface area contributed by atoms with Gasteiger partial charge in [-0.25, -0.2) is 4.39 Å². The Hall–Kier alpha value is -2.76. The summed E-state index contributed by atoms with van der Waals surface area (Å²) in [5.41, 5.74) is 2.49. The van der Waals surface area contributed by atoms with Crippen LogP contribution in [0.4, 0.5) is 9.39 Å². The van der Waals surface area contributed by atoms with Crippen molar-refractivity contribution < 1.29 is 14.0 Å². The molecule has 1 heterocycles. The lowest BCUT2D eigenvalue weighted by molar-refractivity contribution is -0.123. The summed E-state index contributed by atoms with van der Waals surface area (Å²) in [6.45, 7) is 2.86. The number of nitrogens with one attached hydrogen (secondary N) is 2. The first kappa shape index (κ1) is 22.9. The van der Waals surface area contributed by atoms with Crippen molar-refractivity contribution in [2.45, 2.75) is 45.6 Å². The number of nitriles is 1. The number of nitrogens with zero attached hydrogens (tertiary/aromatic N) is 2. The summed E-state index contributed by atoms with van der Waals surface area (Å²) >= 11 is 1.50.